The van der Waals surface area contributed by atoms with Gasteiger partial charge in [-0.1, -0.05) is 25.0 Å². The Labute approximate surface area is 120 Å². The fourth-order valence-corrected chi connectivity index (χ4v) is 2.53. The number of amides is 1. The molecule has 0 aliphatic heterocycles. The average molecular weight is 277 g/mol. The van der Waals surface area contributed by atoms with Crippen molar-refractivity contribution in [1.82, 2.24) is 5.32 Å². The first kappa shape index (κ1) is 14.9. The number of aliphatic hydroxyl groups excluding tert-OH is 1. The fraction of sp³-hybridized carbons (Fsp3) is 0.562. The Morgan fingerprint density at radius 3 is 2.85 bits per heavy atom. The maximum Gasteiger partial charge on any atom is 0.258 e. The van der Waals surface area contributed by atoms with Crippen LogP contribution in [0.3, 0.4) is 0 Å². The first-order valence-corrected chi connectivity index (χ1v) is 7.24. The van der Waals surface area contributed by atoms with Gasteiger partial charge in [-0.25, -0.2) is 0 Å². The number of carbonyl (C=O) groups is 1. The summed E-state index contributed by atoms with van der Waals surface area (Å²) < 4.78 is 5.56. The van der Waals surface area contributed by atoms with Gasteiger partial charge >= 0.3 is 0 Å². The molecule has 1 aromatic carbocycles. The van der Waals surface area contributed by atoms with Gasteiger partial charge in [0, 0.05) is 0 Å². The molecule has 0 aromatic heterocycles. The third-order valence-corrected chi connectivity index (χ3v) is 3.78. The zero-order chi connectivity index (χ0) is 14.5. The van der Waals surface area contributed by atoms with Gasteiger partial charge in [0.15, 0.2) is 6.61 Å². The van der Waals surface area contributed by atoms with Crippen LogP contribution in [0.1, 0.15) is 36.8 Å². The summed E-state index contributed by atoms with van der Waals surface area (Å²) in [7, 11) is 0. The SMILES string of the molecule is Cc1ccc(C)c(OCC(=O)N[C@@H]2CCCC[C@H]2O)c1. The van der Waals surface area contributed by atoms with Crippen molar-refractivity contribution in [2.75, 3.05) is 6.61 Å². The predicted octanol–water partition coefficient (Wildman–Crippen LogP) is 2.10. The zero-order valence-electron chi connectivity index (χ0n) is 12.2. The molecule has 1 fully saturated rings. The third-order valence-electron chi connectivity index (χ3n) is 3.78. The Bertz CT molecular complexity index is 473. The molecule has 0 unspecified atom stereocenters. The number of nitrogens with one attached hydrogen (secondary N) is 1. The van der Waals surface area contributed by atoms with Gasteiger partial charge in [-0.2, -0.15) is 0 Å². The molecule has 1 aliphatic carbocycles. The lowest BCUT2D eigenvalue weighted by molar-refractivity contribution is -0.125. The van der Waals surface area contributed by atoms with Crippen LogP contribution >= 0.6 is 0 Å². The number of hydrogen-bond acceptors (Lipinski definition) is 3. The van der Waals surface area contributed by atoms with Crippen LogP contribution in [0.15, 0.2) is 18.2 Å². The first-order chi connectivity index (χ1) is 9.56. The van der Waals surface area contributed by atoms with Crippen molar-refractivity contribution in [3.8, 4) is 5.75 Å². The van der Waals surface area contributed by atoms with Crippen LogP contribution in [-0.4, -0.2) is 29.8 Å². The molecule has 1 amide bonds. The second-order valence-corrected chi connectivity index (χ2v) is 5.58. The van der Waals surface area contributed by atoms with E-state index in [1.165, 1.54) is 0 Å². The van der Waals surface area contributed by atoms with Crippen molar-refractivity contribution in [2.24, 2.45) is 0 Å². The van der Waals surface area contributed by atoms with E-state index in [9.17, 15) is 9.90 Å². The number of ether oxygens (including phenoxy) is 1. The summed E-state index contributed by atoms with van der Waals surface area (Å²) in [6.07, 6.45) is 3.28. The molecule has 1 aliphatic rings. The van der Waals surface area contributed by atoms with E-state index < -0.39 is 6.10 Å². The largest absolute Gasteiger partial charge is 0.483 e. The normalized spacial score (nSPS) is 22.4. The van der Waals surface area contributed by atoms with Gasteiger partial charge in [0.2, 0.25) is 0 Å². The highest BCUT2D eigenvalue weighted by Crippen LogP contribution is 2.20. The Morgan fingerprint density at radius 2 is 2.10 bits per heavy atom. The molecular weight excluding hydrogens is 254 g/mol. The molecule has 0 radical (unpaired) electrons. The molecular formula is C16H23NO3. The summed E-state index contributed by atoms with van der Waals surface area (Å²) in [6, 6.07) is 5.80. The zero-order valence-corrected chi connectivity index (χ0v) is 12.2. The van der Waals surface area contributed by atoms with Gasteiger partial charge in [0.1, 0.15) is 5.75 Å². The maximum atomic E-state index is 11.9. The lowest BCUT2D eigenvalue weighted by Gasteiger charge is -2.28. The van der Waals surface area contributed by atoms with Gasteiger partial charge < -0.3 is 15.2 Å². The highest BCUT2D eigenvalue weighted by molar-refractivity contribution is 5.78. The van der Waals surface area contributed by atoms with E-state index in [1.54, 1.807) is 0 Å². The highest BCUT2D eigenvalue weighted by atomic mass is 16.5. The molecule has 0 heterocycles. The minimum Gasteiger partial charge on any atom is -0.483 e. The average Bonchev–Trinajstić information content (AvgIpc) is 2.42. The van der Waals surface area contributed by atoms with Gasteiger partial charge in [0.25, 0.3) is 5.91 Å². The summed E-state index contributed by atoms with van der Waals surface area (Å²) >= 11 is 0. The third kappa shape index (κ3) is 3.97. The monoisotopic (exact) mass is 277 g/mol. The summed E-state index contributed by atoms with van der Waals surface area (Å²) in [6.45, 7) is 3.94. The molecule has 1 aromatic rings. The number of hydrogen-bond donors (Lipinski definition) is 2. The van der Waals surface area contributed by atoms with Gasteiger partial charge in [-0.3, -0.25) is 4.79 Å². The Hall–Kier alpha value is -1.55. The molecule has 110 valence electrons. The van der Waals surface area contributed by atoms with E-state index >= 15 is 0 Å². The Kier molecular flexibility index (Phi) is 5.01. The predicted molar refractivity (Wildman–Crippen MR) is 77.8 cm³/mol. The van der Waals surface area contributed by atoms with Crippen molar-refractivity contribution < 1.29 is 14.6 Å². The summed E-state index contributed by atoms with van der Waals surface area (Å²) in [5.74, 6) is 0.571. The summed E-state index contributed by atoms with van der Waals surface area (Å²) in [4.78, 5) is 11.9. The lowest BCUT2D eigenvalue weighted by Crippen LogP contribution is -2.46. The van der Waals surface area contributed by atoms with Crippen LogP contribution < -0.4 is 10.1 Å². The smallest absolute Gasteiger partial charge is 0.258 e. The number of benzene rings is 1. The second kappa shape index (κ2) is 6.75. The molecule has 0 spiro atoms. The van der Waals surface area contributed by atoms with Crippen LogP contribution in [0, 0.1) is 13.8 Å². The van der Waals surface area contributed by atoms with Crippen molar-refractivity contribution in [3.05, 3.63) is 29.3 Å². The van der Waals surface area contributed by atoms with Crippen LogP contribution in [-0.2, 0) is 4.79 Å². The molecule has 0 bridgehead atoms. The molecule has 1 saturated carbocycles. The minimum absolute atomic E-state index is 0.00644. The van der Waals surface area contributed by atoms with Crippen molar-refractivity contribution >= 4 is 5.91 Å². The van der Waals surface area contributed by atoms with Crippen molar-refractivity contribution in [2.45, 2.75) is 51.7 Å². The van der Waals surface area contributed by atoms with E-state index in [1.807, 2.05) is 32.0 Å². The number of aryl methyl sites for hydroxylation is 2. The fourth-order valence-electron chi connectivity index (χ4n) is 2.53. The summed E-state index contributed by atoms with van der Waals surface area (Å²) in [5.41, 5.74) is 2.12. The number of carbonyl (C=O) groups excluding carboxylic acids is 1. The minimum atomic E-state index is -0.423. The van der Waals surface area contributed by atoms with E-state index in [-0.39, 0.29) is 18.6 Å². The molecule has 2 atom stereocenters. The quantitative estimate of drug-likeness (QED) is 0.886. The van der Waals surface area contributed by atoms with Gasteiger partial charge in [-0.15, -0.1) is 0 Å². The van der Waals surface area contributed by atoms with Crippen LogP contribution in [0.4, 0.5) is 0 Å². The number of rotatable bonds is 4. The Balaban J connectivity index is 1.84. The molecule has 2 N–H and O–H groups in total. The van der Waals surface area contributed by atoms with Crippen LogP contribution in [0.2, 0.25) is 0 Å². The standard InChI is InChI=1S/C16H23NO3/c1-11-7-8-12(2)15(9-11)20-10-16(19)17-13-5-3-4-6-14(13)18/h7-9,13-14,18H,3-6,10H2,1-2H3,(H,17,19)/t13-,14-/m1/s1. The topological polar surface area (TPSA) is 58.6 Å². The molecule has 2 rings (SSSR count). The van der Waals surface area contributed by atoms with E-state index in [4.69, 9.17) is 4.74 Å². The van der Waals surface area contributed by atoms with Crippen LogP contribution in [0.25, 0.3) is 0 Å². The molecule has 4 heteroatoms. The second-order valence-electron chi connectivity index (χ2n) is 5.58. The number of aliphatic hydroxyl groups is 1. The van der Waals surface area contributed by atoms with Crippen molar-refractivity contribution in [1.29, 1.82) is 0 Å². The summed E-state index contributed by atoms with van der Waals surface area (Å²) in [5, 5.41) is 12.7. The van der Waals surface area contributed by atoms with Crippen LogP contribution in [0.5, 0.6) is 5.75 Å². The van der Waals surface area contributed by atoms with E-state index in [0.29, 0.717) is 0 Å². The highest BCUT2D eigenvalue weighted by Gasteiger charge is 2.24. The molecule has 4 nitrogen and oxygen atoms in total. The van der Waals surface area contributed by atoms with Crippen molar-refractivity contribution in [3.63, 3.8) is 0 Å². The van der Waals surface area contributed by atoms with Gasteiger partial charge in [0.05, 0.1) is 12.1 Å². The Morgan fingerprint density at radius 1 is 1.35 bits per heavy atom. The molecule has 20 heavy (non-hydrogen) atoms. The first-order valence-electron chi connectivity index (χ1n) is 7.24. The van der Waals surface area contributed by atoms with E-state index in [0.717, 1.165) is 42.6 Å². The van der Waals surface area contributed by atoms with E-state index in [2.05, 4.69) is 5.32 Å². The van der Waals surface area contributed by atoms with Gasteiger partial charge in [-0.05, 0) is 43.9 Å². The maximum absolute atomic E-state index is 11.9. The lowest BCUT2D eigenvalue weighted by atomic mass is 9.92. The molecule has 0 saturated heterocycles.